The Morgan fingerprint density at radius 1 is 0.607 bits per heavy atom. The lowest BCUT2D eigenvalue weighted by Crippen LogP contribution is -2.47. The fourth-order valence-corrected chi connectivity index (χ4v) is 9.59. The summed E-state index contributed by atoms with van der Waals surface area (Å²) >= 11 is 0. The summed E-state index contributed by atoms with van der Waals surface area (Å²) in [5, 5.41) is 4.42. The molecule has 0 saturated heterocycles. The quantitative estimate of drug-likeness (QED) is 0.396. The molecular formula is C25H32BrNP+. The van der Waals surface area contributed by atoms with E-state index < -0.39 is 7.26 Å². The highest BCUT2D eigenvalue weighted by atomic mass is 79.9. The first-order chi connectivity index (χ1) is 13.3. The smallest absolute Gasteiger partial charge is 0.136 e. The molecule has 3 heteroatoms. The van der Waals surface area contributed by atoms with Crippen LogP contribution in [0.5, 0.6) is 0 Å². The molecule has 1 atom stereocenters. The van der Waals surface area contributed by atoms with Crippen molar-refractivity contribution < 1.29 is 0 Å². The van der Waals surface area contributed by atoms with Crippen LogP contribution < -0.4 is 15.9 Å². The van der Waals surface area contributed by atoms with E-state index in [4.69, 9.17) is 0 Å². The van der Waals surface area contributed by atoms with E-state index in [2.05, 4.69) is 117 Å². The largest absolute Gasteiger partial charge is 0.268 e. The zero-order valence-corrected chi connectivity index (χ0v) is 19.8. The molecule has 0 saturated carbocycles. The Morgan fingerprint density at radius 3 is 1.18 bits per heavy atom. The Hall–Kier alpha value is -1.47. The summed E-state index contributed by atoms with van der Waals surface area (Å²) in [5.41, 5.74) is 0. The normalized spacial score (nSPS) is 12.4. The minimum Gasteiger partial charge on any atom is -0.268 e. The van der Waals surface area contributed by atoms with Crippen molar-refractivity contribution in [2.75, 3.05) is 13.1 Å². The van der Waals surface area contributed by atoms with Gasteiger partial charge in [-0.2, -0.15) is 0 Å². The number of rotatable bonds is 8. The maximum absolute atomic E-state index is 2.67. The van der Waals surface area contributed by atoms with Crippen LogP contribution in [0.15, 0.2) is 91.0 Å². The van der Waals surface area contributed by atoms with Crippen LogP contribution in [0.2, 0.25) is 0 Å². The van der Waals surface area contributed by atoms with Crippen molar-refractivity contribution >= 4 is 40.2 Å². The first-order valence-corrected chi connectivity index (χ1v) is 11.9. The fraction of sp³-hybridized carbons (Fsp3) is 0.280. The molecule has 0 spiro atoms. The maximum atomic E-state index is 2.67. The summed E-state index contributed by atoms with van der Waals surface area (Å²) < 4.78 is 0. The third-order valence-electron chi connectivity index (χ3n) is 5.54. The summed E-state index contributed by atoms with van der Waals surface area (Å²) in [6.45, 7) is 9.09. The standard InChI is InChI=1S/C25H31NP.BrH/c1-4-25(26(5-2)6-3)27(22-16-10-7-11-17-22,23-18-12-8-13-19-23)24-20-14-9-15-21-24;/h7-21,25H,4-6H2,1-3H3;1H/q+1;. The maximum Gasteiger partial charge on any atom is 0.136 e. The molecule has 3 aromatic rings. The van der Waals surface area contributed by atoms with Crippen molar-refractivity contribution in [3.8, 4) is 0 Å². The number of benzene rings is 3. The highest BCUT2D eigenvalue weighted by Gasteiger charge is 2.53. The molecule has 28 heavy (non-hydrogen) atoms. The lowest BCUT2D eigenvalue weighted by atomic mass is 10.3. The van der Waals surface area contributed by atoms with Crippen molar-refractivity contribution in [2.45, 2.75) is 33.0 Å². The van der Waals surface area contributed by atoms with E-state index in [1.807, 2.05) is 0 Å². The van der Waals surface area contributed by atoms with Crippen molar-refractivity contribution in [1.29, 1.82) is 0 Å². The Morgan fingerprint density at radius 2 is 0.929 bits per heavy atom. The Bertz CT molecular complexity index is 707. The number of nitrogens with zero attached hydrogens (tertiary/aromatic N) is 1. The second-order valence-corrected chi connectivity index (χ2v) is 10.4. The van der Waals surface area contributed by atoms with Crippen LogP contribution in [-0.2, 0) is 0 Å². The SMILES string of the molecule is Br.CCC(N(CC)CC)[P+](c1ccccc1)(c1ccccc1)c1ccccc1. The first kappa shape index (κ1) is 22.8. The molecule has 0 bridgehead atoms. The second-order valence-electron chi connectivity index (χ2n) is 6.84. The molecule has 0 fully saturated rings. The Labute approximate surface area is 181 Å². The summed E-state index contributed by atoms with van der Waals surface area (Å²) in [5.74, 6) is 0.486. The lowest BCUT2D eigenvalue weighted by molar-refractivity contribution is 0.274. The van der Waals surface area contributed by atoms with Crippen LogP contribution in [0, 0.1) is 0 Å². The monoisotopic (exact) mass is 456 g/mol. The van der Waals surface area contributed by atoms with Gasteiger partial charge in [0.05, 0.1) is 0 Å². The predicted molar refractivity (Wildman–Crippen MR) is 132 cm³/mol. The minimum atomic E-state index is -1.83. The van der Waals surface area contributed by atoms with Crippen molar-refractivity contribution in [1.82, 2.24) is 4.90 Å². The predicted octanol–water partition coefficient (Wildman–Crippen LogP) is 5.64. The highest BCUT2D eigenvalue weighted by molar-refractivity contribution is 8.93. The average molecular weight is 457 g/mol. The number of halogens is 1. The summed E-state index contributed by atoms with van der Waals surface area (Å²) in [6, 6.07) is 33.7. The third-order valence-corrected chi connectivity index (χ3v) is 10.5. The third kappa shape index (κ3) is 4.25. The Kier molecular flexibility index (Phi) is 8.89. The minimum absolute atomic E-state index is 0. The topological polar surface area (TPSA) is 3.24 Å². The van der Waals surface area contributed by atoms with Gasteiger partial charge in [0.25, 0.3) is 0 Å². The van der Waals surface area contributed by atoms with E-state index >= 15 is 0 Å². The first-order valence-electron chi connectivity index (χ1n) is 10.1. The van der Waals surface area contributed by atoms with E-state index in [9.17, 15) is 0 Å². The van der Waals surface area contributed by atoms with Gasteiger partial charge in [-0.15, -0.1) is 17.0 Å². The van der Waals surface area contributed by atoms with Crippen LogP contribution in [0.1, 0.15) is 27.2 Å². The summed E-state index contributed by atoms with van der Waals surface area (Å²) in [4.78, 5) is 2.67. The van der Waals surface area contributed by atoms with Crippen LogP contribution in [0.4, 0.5) is 0 Å². The van der Waals surface area contributed by atoms with Gasteiger partial charge in [0, 0.05) is 0 Å². The van der Waals surface area contributed by atoms with Gasteiger partial charge in [-0.25, -0.2) is 0 Å². The van der Waals surface area contributed by atoms with Gasteiger partial charge in [-0.1, -0.05) is 75.4 Å². The van der Waals surface area contributed by atoms with Crippen LogP contribution >= 0.6 is 24.2 Å². The molecule has 0 N–H and O–H groups in total. The van der Waals surface area contributed by atoms with E-state index in [-0.39, 0.29) is 17.0 Å². The molecule has 0 aliphatic heterocycles. The molecule has 0 aliphatic rings. The molecule has 3 aromatic carbocycles. The van der Waals surface area contributed by atoms with Gasteiger partial charge in [-0.05, 0) is 55.9 Å². The van der Waals surface area contributed by atoms with Gasteiger partial charge >= 0.3 is 0 Å². The molecule has 0 heterocycles. The van der Waals surface area contributed by atoms with E-state index in [0.29, 0.717) is 5.78 Å². The van der Waals surface area contributed by atoms with Gasteiger partial charge in [0.1, 0.15) is 29.0 Å². The zero-order valence-electron chi connectivity index (χ0n) is 17.2. The van der Waals surface area contributed by atoms with Gasteiger partial charge in [0.15, 0.2) is 0 Å². The molecule has 0 aliphatic carbocycles. The molecule has 148 valence electrons. The summed E-state index contributed by atoms with van der Waals surface area (Å²) in [7, 11) is -1.83. The van der Waals surface area contributed by atoms with Gasteiger partial charge in [-0.3, -0.25) is 4.90 Å². The average Bonchev–Trinajstić information content (AvgIpc) is 2.76. The Balaban J connectivity index is 0.00000280. The van der Waals surface area contributed by atoms with E-state index in [1.165, 1.54) is 15.9 Å². The van der Waals surface area contributed by atoms with Crippen LogP contribution in [0.3, 0.4) is 0 Å². The zero-order chi connectivity index (χ0) is 19.1. The van der Waals surface area contributed by atoms with Crippen LogP contribution in [-0.4, -0.2) is 23.8 Å². The molecule has 0 amide bonds. The van der Waals surface area contributed by atoms with E-state index in [1.54, 1.807) is 0 Å². The summed E-state index contributed by atoms with van der Waals surface area (Å²) in [6.07, 6.45) is 1.13. The lowest BCUT2D eigenvalue weighted by Gasteiger charge is -2.39. The van der Waals surface area contributed by atoms with Crippen molar-refractivity contribution in [3.05, 3.63) is 91.0 Å². The number of hydrogen-bond donors (Lipinski definition) is 0. The molecule has 3 rings (SSSR count). The van der Waals surface area contributed by atoms with E-state index in [0.717, 1.165) is 19.5 Å². The highest BCUT2D eigenvalue weighted by Crippen LogP contribution is 2.61. The molecule has 0 aromatic heterocycles. The molecule has 0 radical (unpaired) electrons. The molecular weight excluding hydrogens is 425 g/mol. The van der Waals surface area contributed by atoms with Crippen molar-refractivity contribution in [3.63, 3.8) is 0 Å². The molecule has 1 unspecified atom stereocenters. The van der Waals surface area contributed by atoms with Crippen molar-refractivity contribution in [2.24, 2.45) is 0 Å². The second kappa shape index (κ2) is 10.9. The van der Waals surface area contributed by atoms with Crippen LogP contribution in [0.25, 0.3) is 0 Å². The van der Waals surface area contributed by atoms with Gasteiger partial charge < -0.3 is 0 Å². The number of hydrogen-bond acceptors (Lipinski definition) is 1. The fourth-order valence-electron chi connectivity index (χ4n) is 4.37. The van der Waals surface area contributed by atoms with Gasteiger partial charge in [0.2, 0.25) is 0 Å². The molecule has 1 nitrogen and oxygen atoms in total.